The minimum absolute atomic E-state index is 0.0282. The third kappa shape index (κ3) is 4.00. The molecule has 0 fully saturated rings. The van der Waals surface area contributed by atoms with Crippen LogP contribution in [0, 0.1) is 0 Å². The Balaban J connectivity index is 1.70. The first-order chi connectivity index (χ1) is 13.1. The Morgan fingerprint density at radius 1 is 1.18 bits per heavy atom. The van der Waals surface area contributed by atoms with Gasteiger partial charge < -0.3 is 20.9 Å². The Labute approximate surface area is 157 Å². The molecule has 0 saturated carbocycles. The Bertz CT molecular complexity index is 1010. The number of alkyl halides is 3. The highest BCUT2D eigenvalue weighted by Crippen LogP contribution is 2.33. The third-order valence-electron chi connectivity index (χ3n) is 3.79. The van der Waals surface area contributed by atoms with E-state index in [1.165, 1.54) is 43.4 Å². The number of halogens is 3. The zero-order valence-corrected chi connectivity index (χ0v) is 14.5. The molecular weight excluding hydrogens is 377 g/mol. The topological polar surface area (TPSA) is 102 Å². The molecule has 28 heavy (non-hydrogen) atoms. The van der Waals surface area contributed by atoms with Gasteiger partial charge in [0.2, 0.25) is 0 Å². The lowest BCUT2D eigenvalue weighted by molar-refractivity contribution is -0.137. The summed E-state index contributed by atoms with van der Waals surface area (Å²) < 4.78 is 44.8. The Morgan fingerprint density at radius 2 is 1.86 bits per heavy atom. The number of nitrogens with two attached hydrogens (primary N) is 1. The van der Waals surface area contributed by atoms with E-state index in [2.05, 4.69) is 10.4 Å². The first-order valence-corrected chi connectivity index (χ1v) is 7.93. The maximum absolute atomic E-state index is 12.7. The van der Waals surface area contributed by atoms with Crippen LogP contribution in [0.5, 0.6) is 17.2 Å². The second-order valence-electron chi connectivity index (χ2n) is 5.81. The number of anilines is 2. The molecule has 0 spiro atoms. The second-order valence-corrected chi connectivity index (χ2v) is 5.81. The molecule has 0 saturated heterocycles. The molecule has 4 N–H and O–H groups in total. The quantitative estimate of drug-likeness (QED) is 0.627. The Kier molecular flexibility index (Phi) is 4.87. The van der Waals surface area contributed by atoms with Crippen molar-refractivity contribution >= 4 is 17.4 Å². The number of aromatic nitrogens is 2. The summed E-state index contributed by atoms with van der Waals surface area (Å²) in [5, 5.41) is 16.1. The monoisotopic (exact) mass is 392 g/mol. The minimum atomic E-state index is -4.46. The minimum Gasteiger partial charge on any atom is -0.503 e. The number of aryl methyl sites for hydroxylation is 1. The van der Waals surface area contributed by atoms with Crippen molar-refractivity contribution in [2.75, 3.05) is 11.1 Å². The number of carbonyl (C=O) groups excluding carboxylic acids is 1. The smallest absolute Gasteiger partial charge is 0.416 e. The van der Waals surface area contributed by atoms with Crippen molar-refractivity contribution in [2.24, 2.45) is 7.05 Å². The predicted octanol–water partition coefficient (Wildman–Crippen LogP) is 3.77. The molecule has 7 nitrogen and oxygen atoms in total. The van der Waals surface area contributed by atoms with Crippen LogP contribution in [0.1, 0.15) is 16.1 Å². The number of carbonyl (C=O) groups is 1. The zero-order valence-electron chi connectivity index (χ0n) is 14.5. The lowest BCUT2D eigenvalue weighted by atomic mass is 10.2. The van der Waals surface area contributed by atoms with Crippen LogP contribution < -0.4 is 15.8 Å². The van der Waals surface area contributed by atoms with E-state index in [0.717, 1.165) is 16.8 Å². The van der Waals surface area contributed by atoms with Crippen molar-refractivity contribution < 1.29 is 27.8 Å². The summed E-state index contributed by atoms with van der Waals surface area (Å²) in [7, 11) is 1.48. The van der Waals surface area contributed by atoms with Crippen LogP contribution in [0.4, 0.5) is 24.7 Å². The molecular formula is C18H15F3N4O3. The number of aromatic hydroxyl groups is 1. The van der Waals surface area contributed by atoms with Gasteiger partial charge in [-0.3, -0.25) is 4.79 Å². The van der Waals surface area contributed by atoms with Crippen molar-refractivity contribution in [3.8, 4) is 17.2 Å². The summed E-state index contributed by atoms with van der Waals surface area (Å²) >= 11 is 0. The number of hydrogen-bond acceptors (Lipinski definition) is 5. The molecule has 3 rings (SSSR count). The lowest BCUT2D eigenvalue weighted by Gasteiger charge is -2.10. The fourth-order valence-electron chi connectivity index (χ4n) is 2.35. The molecule has 1 heterocycles. The van der Waals surface area contributed by atoms with E-state index in [-0.39, 0.29) is 23.0 Å². The van der Waals surface area contributed by atoms with Gasteiger partial charge in [0.15, 0.2) is 17.3 Å². The Morgan fingerprint density at radius 3 is 2.43 bits per heavy atom. The highest BCUT2D eigenvalue weighted by Gasteiger charge is 2.30. The second kappa shape index (κ2) is 7.14. The van der Waals surface area contributed by atoms with Gasteiger partial charge in [-0.2, -0.15) is 18.3 Å². The molecule has 146 valence electrons. The van der Waals surface area contributed by atoms with Crippen LogP contribution in [-0.2, 0) is 13.2 Å². The Hall–Kier alpha value is -3.69. The summed E-state index contributed by atoms with van der Waals surface area (Å²) in [4.78, 5) is 12.2. The van der Waals surface area contributed by atoms with Gasteiger partial charge >= 0.3 is 6.18 Å². The largest absolute Gasteiger partial charge is 0.503 e. The van der Waals surface area contributed by atoms with Gasteiger partial charge in [-0.05, 0) is 42.5 Å². The van der Waals surface area contributed by atoms with E-state index in [1.807, 2.05) is 0 Å². The number of nitrogen functional groups attached to an aromatic ring is 1. The maximum Gasteiger partial charge on any atom is 0.416 e. The molecule has 1 amide bonds. The fourth-order valence-corrected chi connectivity index (χ4v) is 2.35. The van der Waals surface area contributed by atoms with Gasteiger partial charge in [0.05, 0.1) is 5.56 Å². The van der Waals surface area contributed by atoms with E-state index in [4.69, 9.17) is 10.5 Å². The molecule has 0 bridgehead atoms. The van der Waals surface area contributed by atoms with Crippen LogP contribution in [-0.4, -0.2) is 20.8 Å². The van der Waals surface area contributed by atoms with Gasteiger partial charge in [0.1, 0.15) is 11.5 Å². The number of hydrogen-bond donors (Lipinski definition) is 3. The fraction of sp³-hybridized carbons (Fsp3) is 0.111. The molecule has 2 aromatic carbocycles. The average Bonchev–Trinajstić information content (AvgIpc) is 2.90. The van der Waals surface area contributed by atoms with E-state index >= 15 is 0 Å². The number of nitrogens with zero attached hydrogens (tertiary/aromatic N) is 2. The van der Waals surface area contributed by atoms with Crippen molar-refractivity contribution in [3.05, 3.63) is 59.8 Å². The van der Waals surface area contributed by atoms with Crippen molar-refractivity contribution in [1.82, 2.24) is 9.78 Å². The molecule has 0 aliphatic heterocycles. The van der Waals surface area contributed by atoms with Crippen molar-refractivity contribution in [3.63, 3.8) is 0 Å². The molecule has 10 heteroatoms. The lowest BCUT2D eigenvalue weighted by Crippen LogP contribution is -2.13. The molecule has 0 radical (unpaired) electrons. The molecule has 3 aromatic rings. The number of rotatable bonds is 4. The van der Waals surface area contributed by atoms with Crippen molar-refractivity contribution in [2.45, 2.75) is 6.18 Å². The van der Waals surface area contributed by atoms with Crippen LogP contribution in [0.25, 0.3) is 0 Å². The molecule has 0 unspecified atom stereocenters. The van der Waals surface area contributed by atoms with Crippen LogP contribution in [0.3, 0.4) is 0 Å². The highest BCUT2D eigenvalue weighted by atomic mass is 19.4. The average molecular weight is 392 g/mol. The van der Waals surface area contributed by atoms with Crippen LogP contribution >= 0.6 is 0 Å². The molecule has 1 aromatic heterocycles. The standard InChI is InChI=1S/C18H15F3N4O3/c1-25-16(22)15(26)14(24-25)17(27)23-11-5-7-12(8-6-11)28-13-4-2-3-10(9-13)18(19,20)21/h2-9,26H,22H2,1H3,(H,23,27). The number of amides is 1. The summed E-state index contributed by atoms with van der Waals surface area (Å²) in [5.41, 5.74) is 4.87. The number of ether oxygens (including phenoxy) is 1. The van der Waals surface area contributed by atoms with E-state index in [0.29, 0.717) is 5.69 Å². The van der Waals surface area contributed by atoms with Gasteiger partial charge in [0, 0.05) is 12.7 Å². The molecule has 0 atom stereocenters. The summed E-state index contributed by atoms with van der Waals surface area (Å²) in [6.07, 6.45) is -4.46. The first kappa shape index (κ1) is 19.1. The van der Waals surface area contributed by atoms with Crippen molar-refractivity contribution in [1.29, 1.82) is 0 Å². The van der Waals surface area contributed by atoms with Gasteiger partial charge in [-0.1, -0.05) is 6.07 Å². The van der Waals surface area contributed by atoms with E-state index in [1.54, 1.807) is 0 Å². The number of nitrogens with one attached hydrogen (secondary N) is 1. The van der Waals surface area contributed by atoms with Gasteiger partial charge in [-0.15, -0.1) is 0 Å². The third-order valence-corrected chi connectivity index (χ3v) is 3.79. The van der Waals surface area contributed by atoms with Gasteiger partial charge in [0.25, 0.3) is 5.91 Å². The zero-order chi connectivity index (χ0) is 20.5. The SMILES string of the molecule is Cn1nc(C(=O)Nc2ccc(Oc3cccc(C(F)(F)F)c3)cc2)c(O)c1N. The van der Waals surface area contributed by atoms with E-state index in [9.17, 15) is 23.1 Å². The van der Waals surface area contributed by atoms with Crippen LogP contribution in [0.2, 0.25) is 0 Å². The molecule has 0 aliphatic rings. The maximum atomic E-state index is 12.7. The highest BCUT2D eigenvalue weighted by molar-refractivity contribution is 6.05. The normalized spacial score (nSPS) is 11.3. The van der Waals surface area contributed by atoms with E-state index < -0.39 is 23.4 Å². The summed E-state index contributed by atoms with van der Waals surface area (Å²) in [6.45, 7) is 0. The molecule has 0 aliphatic carbocycles. The van der Waals surface area contributed by atoms with Gasteiger partial charge in [-0.25, -0.2) is 4.68 Å². The van der Waals surface area contributed by atoms with Crippen LogP contribution in [0.15, 0.2) is 48.5 Å². The predicted molar refractivity (Wildman–Crippen MR) is 95.2 cm³/mol. The summed E-state index contributed by atoms with van der Waals surface area (Å²) in [5.74, 6) is -0.835. The summed E-state index contributed by atoms with van der Waals surface area (Å²) in [6, 6.07) is 10.4. The first-order valence-electron chi connectivity index (χ1n) is 7.93. The number of benzene rings is 2.